The smallest absolute Gasteiger partial charge is 0.120 e. The van der Waals surface area contributed by atoms with Crippen molar-refractivity contribution in [1.82, 2.24) is 4.90 Å². The van der Waals surface area contributed by atoms with Gasteiger partial charge < -0.3 is 14.7 Å². The fraction of sp³-hybridized carbons (Fsp3) is 0.304. The van der Waals surface area contributed by atoms with Gasteiger partial charge in [-0.1, -0.05) is 53.5 Å². The van der Waals surface area contributed by atoms with Crippen LogP contribution in [-0.2, 0) is 0 Å². The number of hydrogen-bond acceptors (Lipinski definition) is 4. The van der Waals surface area contributed by atoms with E-state index < -0.39 is 6.10 Å². The van der Waals surface area contributed by atoms with Gasteiger partial charge in [-0.25, -0.2) is 0 Å². The lowest BCUT2D eigenvalue weighted by atomic mass is 10.1. The number of ether oxygens (including phenoxy) is 1. The number of aliphatic hydroxyl groups excluding tert-OH is 1. The Morgan fingerprint density at radius 2 is 1.66 bits per heavy atom. The largest absolute Gasteiger partial charge is 0.491 e. The highest BCUT2D eigenvalue weighted by Crippen LogP contribution is 2.29. The third-order valence-corrected chi connectivity index (χ3v) is 5.81. The Bertz CT molecular complexity index is 974. The van der Waals surface area contributed by atoms with E-state index in [1.807, 2.05) is 42.5 Å². The van der Waals surface area contributed by atoms with Gasteiger partial charge >= 0.3 is 0 Å². The van der Waals surface area contributed by atoms with Gasteiger partial charge in [-0.3, -0.25) is 4.90 Å². The van der Waals surface area contributed by atoms with Crippen LogP contribution >= 0.6 is 23.2 Å². The predicted octanol–water partition coefficient (Wildman–Crippen LogP) is 4.71. The fourth-order valence-electron chi connectivity index (χ4n) is 3.70. The predicted molar refractivity (Wildman–Crippen MR) is 121 cm³/mol. The maximum absolute atomic E-state index is 10.4. The molecule has 0 aliphatic carbocycles. The third-order valence-electron chi connectivity index (χ3n) is 5.25. The first-order chi connectivity index (χ1) is 14.1. The van der Waals surface area contributed by atoms with E-state index in [0.29, 0.717) is 16.6 Å². The summed E-state index contributed by atoms with van der Waals surface area (Å²) in [7, 11) is 0. The summed E-state index contributed by atoms with van der Waals surface area (Å²) >= 11 is 12.4. The molecule has 1 saturated heterocycles. The van der Waals surface area contributed by atoms with Gasteiger partial charge in [0.15, 0.2) is 0 Å². The van der Waals surface area contributed by atoms with E-state index in [1.165, 1.54) is 5.39 Å². The Hall–Kier alpha value is -1.98. The van der Waals surface area contributed by atoms with E-state index in [0.717, 1.165) is 43.0 Å². The molecule has 4 rings (SSSR count). The first-order valence-corrected chi connectivity index (χ1v) is 10.6. The summed E-state index contributed by atoms with van der Waals surface area (Å²) in [5, 5.41) is 14.1. The SMILES string of the molecule is O[C@@H](COc1ccc2ccccc2c1)CN1CCN(c2cc(Cl)ccc2Cl)CC1. The van der Waals surface area contributed by atoms with Crippen molar-refractivity contribution in [3.8, 4) is 5.75 Å². The van der Waals surface area contributed by atoms with Crippen LogP contribution in [0.4, 0.5) is 5.69 Å². The Labute approximate surface area is 181 Å². The molecule has 0 radical (unpaired) electrons. The zero-order chi connectivity index (χ0) is 20.2. The van der Waals surface area contributed by atoms with Crippen molar-refractivity contribution in [3.05, 3.63) is 70.7 Å². The zero-order valence-electron chi connectivity index (χ0n) is 16.1. The monoisotopic (exact) mass is 430 g/mol. The number of β-amino-alcohol motifs (C(OH)–C–C–N with tert-alkyl or cyclic N) is 1. The summed E-state index contributed by atoms with van der Waals surface area (Å²) in [5.74, 6) is 0.781. The zero-order valence-corrected chi connectivity index (χ0v) is 17.6. The molecule has 1 aliphatic heterocycles. The average Bonchev–Trinajstić information content (AvgIpc) is 2.74. The summed E-state index contributed by atoms with van der Waals surface area (Å²) in [4.78, 5) is 4.49. The molecule has 1 fully saturated rings. The number of aliphatic hydroxyl groups is 1. The number of hydrogen-bond donors (Lipinski definition) is 1. The van der Waals surface area contributed by atoms with Crippen LogP contribution in [0.1, 0.15) is 0 Å². The number of benzene rings is 3. The molecule has 0 aromatic heterocycles. The molecule has 1 aliphatic rings. The highest BCUT2D eigenvalue weighted by Gasteiger charge is 2.21. The molecular formula is C23H24Cl2N2O2. The maximum Gasteiger partial charge on any atom is 0.120 e. The Balaban J connectivity index is 1.26. The van der Waals surface area contributed by atoms with Crippen molar-refractivity contribution in [1.29, 1.82) is 0 Å². The molecule has 0 unspecified atom stereocenters. The van der Waals surface area contributed by atoms with E-state index >= 15 is 0 Å². The van der Waals surface area contributed by atoms with Crippen molar-refractivity contribution in [3.63, 3.8) is 0 Å². The Morgan fingerprint density at radius 3 is 2.45 bits per heavy atom. The summed E-state index contributed by atoms with van der Waals surface area (Å²) in [5.41, 5.74) is 0.971. The third kappa shape index (κ3) is 5.14. The molecule has 3 aromatic carbocycles. The molecule has 1 N–H and O–H groups in total. The van der Waals surface area contributed by atoms with Crippen LogP contribution < -0.4 is 9.64 Å². The quantitative estimate of drug-likeness (QED) is 0.614. The molecule has 0 bridgehead atoms. The van der Waals surface area contributed by atoms with E-state index in [4.69, 9.17) is 27.9 Å². The molecule has 0 amide bonds. The van der Waals surface area contributed by atoms with Crippen LogP contribution in [0.5, 0.6) is 5.75 Å². The number of halogens is 2. The van der Waals surface area contributed by atoms with E-state index in [9.17, 15) is 5.11 Å². The molecule has 1 atom stereocenters. The highest BCUT2D eigenvalue weighted by atomic mass is 35.5. The second kappa shape index (κ2) is 9.23. The van der Waals surface area contributed by atoms with Crippen LogP contribution in [0.15, 0.2) is 60.7 Å². The molecule has 4 nitrogen and oxygen atoms in total. The van der Waals surface area contributed by atoms with Gasteiger partial charge in [-0.05, 0) is 41.1 Å². The molecule has 0 spiro atoms. The van der Waals surface area contributed by atoms with Crippen molar-refractivity contribution in [2.45, 2.75) is 6.10 Å². The first-order valence-electron chi connectivity index (χ1n) is 9.80. The van der Waals surface area contributed by atoms with E-state index in [-0.39, 0.29) is 6.61 Å². The number of piperazine rings is 1. The van der Waals surface area contributed by atoms with Gasteiger partial charge in [-0.2, -0.15) is 0 Å². The number of nitrogens with zero attached hydrogens (tertiary/aromatic N) is 2. The lowest BCUT2D eigenvalue weighted by Crippen LogP contribution is -2.49. The first kappa shape index (κ1) is 20.3. The molecule has 152 valence electrons. The Morgan fingerprint density at radius 1 is 0.897 bits per heavy atom. The molecule has 3 aromatic rings. The van der Waals surface area contributed by atoms with Gasteiger partial charge in [0.05, 0.1) is 10.7 Å². The van der Waals surface area contributed by atoms with E-state index in [1.54, 1.807) is 6.07 Å². The van der Waals surface area contributed by atoms with Crippen LogP contribution in [0.3, 0.4) is 0 Å². The topological polar surface area (TPSA) is 35.9 Å². The number of fused-ring (bicyclic) bond motifs is 1. The molecule has 0 saturated carbocycles. The standard InChI is InChI=1S/C23H24Cl2N2O2/c24-19-6-8-22(25)23(14-19)27-11-9-26(10-12-27)15-20(28)16-29-21-7-5-17-3-1-2-4-18(17)13-21/h1-8,13-14,20,28H,9-12,15-16H2/t20-/m1/s1. The summed E-state index contributed by atoms with van der Waals surface area (Å²) < 4.78 is 5.82. The van der Waals surface area contributed by atoms with Crippen molar-refractivity contribution >= 4 is 39.7 Å². The minimum absolute atomic E-state index is 0.276. The van der Waals surface area contributed by atoms with Crippen molar-refractivity contribution < 1.29 is 9.84 Å². The van der Waals surface area contributed by atoms with Gasteiger partial charge in [0.25, 0.3) is 0 Å². The molecule has 1 heterocycles. The number of rotatable bonds is 6. The Kier molecular flexibility index (Phi) is 6.46. The van der Waals surface area contributed by atoms with Crippen LogP contribution in [0.25, 0.3) is 10.8 Å². The number of anilines is 1. The second-order valence-electron chi connectivity index (χ2n) is 7.36. The molecule has 6 heteroatoms. The highest BCUT2D eigenvalue weighted by molar-refractivity contribution is 6.35. The fourth-order valence-corrected chi connectivity index (χ4v) is 4.10. The van der Waals surface area contributed by atoms with Crippen LogP contribution in [0, 0.1) is 0 Å². The normalized spacial score (nSPS) is 16.2. The van der Waals surface area contributed by atoms with Crippen molar-refractivity contribution in [2.24, 2.45) is 0 Å². The summed E-state index contributed by atoms with van der Waals surface area (Å²) in [6.07, 6.45) is -0.539. The summed E-state index contributed by atoms with van der Waals surface area (Å²) in [6.45, 7) is 4.27. The van der Waals surface area contributed by atoms with Gasteiger partial charge in [0.2, 0.25) is 0 Å². The average molecular weight is 431 g/mol. The van der Waals surface area contributed by atoms with Gasteiger partial charge in [-0.15, -0.1) is 0 Å². The van der Waals surface area contributed by atoms with E-state index in [2.05, 4.69) is 21.9 Å². The minimum atomic E-state index is -0.539. The van der Waals surface area contributed by atoms with Crippen LogP contribution in [-0.4, -0.2) is 55.4 Å². The lowest BCUT2D eigenvalue weighted by Gasteiger charge is -2.37. The summed E-state index contributed by atoms with van der Waals surface area (Å²) in [6, 6.07) is 19.7. The molecular weight excluding hydrogens is 407 g/mol. The maximum atomic E-state index is 10.4. The second-order valence-corrected chi connectivity index (χ2v) is 8.20. The van der Waals surface area contributed by atoms with Gasteiger partial charge in [0.1, 0.15) is 18.5 Å². The van der Waals surface area contributed by atoms with Crippen LogP contribution in [0.2, 0.25) is 10.0 Å². The lowest BCUT2D eigenvalue weighted by molar-refractivity contribution is 0.0663. The van der Waals surface area contributed by atoms with Gasteiger partial charge in [0, 0.05) is 37.7 Å². The molecule has 29 heavy (non-hydrogen) atoms. The van der Waals surface area contributed by atoms with Crippen molar-refractivity contribution in [2.75, 3.05) is 44.2 Å². The minimum Gasteiger partial charge on any atom is -0.491 e.